The number of esters is 1. The molecule has 0 N–H and O–H groups in total. The summed E-state index contributed by atoms with van der Waals surface area (Å²) >= 11 is 3.34. The van der Waals surface area contributed by atoms with Gasteiger partial charge in [-0.1, -0.05) is 46.3 Å². The lowest BCUT2D eigenvalue weighted by molar-refractivity contribution is -0.137. The van der Waals surface area contributed by atoms with Crippen LogP contribution in [-0.2, 0) is 26.1 Å². The number of rotatable bonds is 4. The van der Waals surface area contributed by atoms with Crippen molar-refractivity contribution in [1.29, 1.82) is 5.26 Å². The summed E-state index contributed by atoms with van der Waals surface area (Å²) in [6.45, 7) is 1.69. The molecule has 0 saturated carbocycles. The Balaban J connectivity index is 2.21. The van der Waals surface area contributed by atoms with E-state index >= 15 is 0 Å². The van der Waals surface area contributed by atoms with Gasteiger partial charge in [-0.2, -0.15) is 5.26 Å². The fraction of sp³-hybridized carbons (Fsp3) is 0.158. The second-order valence-corrected chi connectivity index (χ2v) is 8.44. The minimum Gasteiger partial charge on any atom is -0.462 e. The van der Waals surface area contributed by atoms with Gasteiger partial charge in [0, 0.05) is 10.0 Å². The summed E-state index contributed by atoms with van der Waals surface area (Å²) in [5.74, 6) is -0.845. The molecule has 1 aliphatic heterocycles. The van der Waals surface area contributed by atoms with E-state index in [4.69, 9.17) is 4.74 Å². The van der Waals surface area contributed by atoms with E-state index in [0.717, 1.165) is 8.78 Å². The first kappa shape index (κ1) is 19.1. The van der Waals surface area contributed by atoms with Crippen LogP contribution in [0.15, 0.2) is 63.5 Å². The summed E-state index contributed by atoms with van der Waals surface area (Å²) in [6.07, 6.45) is 0. The van der Waals surface area contributed by atoms with Gasteiger partial charge in [-0.3, -0.25) is 4.31 Å². The van der Waals surface area contributed by atoms with Gasteiger partial charge in [-0.25, -0.2) is 13.2 Å². The molecule has 0 aliphatic carbocycles. The lowest BCUT2D eigenvalue weighted by Crippen LogP contribution is -2.25. The van der Waals surface area contributed by atoms with Crippen LogP contribution in [0.5, 0.6) is 0 Å². The highest BCUT2D eigenvalue weighted by atomic mass is 79.9. The van der Waals surface area contributed by atoms with Crippen LogP contribution < -0.4 is 0 Å². The summed E-state index contributed by atoms with van der Waals surface area (Å²) < 4.78 is 33.1. The maximum Gasteiger partial charge on any atom is 0.351 e. The third-order valence-corrected chi connectivity index (χ3v) is 6.36. The number of nitrogens with zero attached hydrogens (tertiary/aromatic N) is 2. The molecule has 0 aromatic heterocycles. The van der Waals surface area contributed by atoms with Crippen LogP contribution in [0.25, 0.3) is 5.70 Å². The zero-order valence-corrected chi connectivity index (χ0v) is 16.7. The zero-order valence-electron chi connectivity index (χ0n) is 14.3. The normalized spacial score (nSPS) is 16.4. The van der Waals surface area contributed by atoms with E-state index in [9.17, 15) is 18.5 Å². The van der Waals surface area contributed by atoms with E-state index in [0.29, 0.717) is 11.1 Å². The Hall–Kier alpha value is -2.63. The number of halogens is 1. The fourth-order valence-corrected chi connectivity index (χ4v) is 4.78. The first-order chi connectivity index (χ1) is 12.9. The first-order valence-corrected chi connectivity index (χ1v) is 10.3. The van der Waals surface area contributed by atoms with Gasteiger partial charge < -0.3 is 4.74 Å². The summed E-state index contributed by atoms with van der Waals surface area (Å²) in [5.41, 5.74) is 0.754. The SMILES string of the molecule is CCOC(=O)/C(C#N)=C1/c2ccccc2S(=O)(=O)N1Cc1ccc(Br)cc1. The fourth-order valence-electron chi connectivity index (χ4n) is 2.84. The molecule has 0 amide bonds. The summed E-state index contributed by atoms with van der Waals surface area (Å²) in [4.78, 5) is 12.4. The molecular formula is C19H15BrN2O4S. The molecule has 2 aromatic carbocycles. The summed E-state index contributed by atoms with van der Waals surface area (Å²) in [7, 11) is -3.90. The average molecular weight is 447 g/mol. The van der Waals surface area contributed by atoms with Crippen LogP contribution in [0.2, 0.25) is 0 Å². The van der Waals surface area contributed by atoms with E-state index in [1.807, 2.05) is 6.07 Å². The number of sulfonamides is 1. The molecule has 138 valence electrons. The predicted molar refractivity (Wildman–Crippen MR) is 102 cm³/mol. The first-order valence-electron chi connectivity index (χ1n) is 8.08. The number of ether oxygens (including phenoxy) is 1. The van der Waals surface area contributed by atoms with Crippen molar-refractivity contribution in [3.05, 3.63) is 69.7 Å². The molecular weight excluding hydrogens is 432 g/mol. The molecule has 27 heavy (non-hydrogen) atoms. The smallest absolute Gasteiger partial charge is 0.351 e. The van der Waals surface area contributed by atoms with Crippen molar-refractivity contribution in [3.8, 4) is 6.07 Å². The Labute approximate surface area is 165 Å². The molecule has 0 fully saturated rings. The maximum absolute atomic E-state index is 13.1. The number of nitriles is 1. The molecule has 0 bridgehead atoms. The summed E-state index contributed by atoms with van der Waals surface area (Å²) in [5, 5.41) is 9.56. The predicted octanol–water partition coefficient (Wildman–Crippen LogP) is 3.45. The highest BCUT2D eigenvalue weighted by Crippen LogP contribution is 2.41. The number of benzene rings is 2. The van der Waals surface area contributed by atoms with Crippen LogP contribution in [-0.4, -0.2) is 25.3 Å². The van der Waals surface area contributed by atoms with E-state index in [2.05, 4.69) is 15.9 Å². The van der Waals surface area contributed by atoms with E-state index in [1.165, 1.54) is 6.07 Å². The second kappa shape index (κ2) is 7.55. The van der Waals surface area contributed by atoms with Crippen molar-refractivity contribution in [2.45, 2.75) is 18.4 Å². The largest absolute Gasteiger partial charge is 0.462 e. The highest BCUT2D eigenvalue weighted by molar-refractivity contribution is 9.10. The van der Waals surface area contributed by atoms with Gasteiger partial charge in [-0.15, -0.1) is 0 Å². The molecule has 8 heteroatoms. The lowest BCUT2D eigenvalue weighted by Gasteiger charge is -2.20. The Morgan fingerprint density at radius 2 is 1.85 bits per heavy atom. The molecule has 0 atom stereocenters. The van der Waals surface area contributed by atoms with Crippen molar-refractivity contribution in [2.24, 2.45) is 0 Å². The van der Waals surface area contributed by atoms with Crippen molar-refractivity contribution in [2.75, 3.05) is 6.61 Å². The number of carbonyl (C=O) groups excluding carboxylic acids is 1. The van der Waals surface area contributed by atoms with Crippen molar-refractivity contribution < 1.29 is 17.9 Å². The Bertz CT molecular complexity index is 1070. The minimum absolute atomic E-state index is 0.00971. The van der Waals surface area contributed by atoms with E-state index < -0.39 is 16.0 Å². The maximum atomic E-state index is 13.1. The van der Waals surface area contributed by atoms with Gasteiger partial charge in [0.2, 0.25) is 0 Å². The van der Waals surface area contributed by atoms with Gasteiger partial charge in [0.15, 0.2) is 5.57 Å². The molecule has 0 spiro atoms. The number of fused-ring (bicyclic) bond motifs is 1. The molecule has 0 saturated heterocycles. The van der Waals surface area contributed by atoms with Gasteiger partial charge in [0.1, 0.15) is 6.07 Å². The van der Waals surface area contributed by atoms with Crippen LogP contribution in [0.3, 0.4) is 0 Å². The number of hydrogen-bond donors (Lipinski definition) is 0. The van der Waals surface area contributed by atoms with Crippen LogP contribution in [0.1, 0.15) is 18.1 Å². The third kappa shape index (κ3) is 3.48. The number of carbonyl (C=O) groups is 1. The van der Waals surface area contributed by atoms with Gasteiger partial charge in [0.25, 0.3) is 10.0 Å². The van der Waals surface area contributed by atoms with Gasteiger partial charge >= 0.3 is 5.97 Å². The number of hydrogen-bond acceptors (Lipinski definition) is 5. The van der Waals surface area contributed by atoms with Crippen LogP contribution in [0.4, 0.5) is 0 Å². The summed E-state index contributed by atoms with van der Waals surface area (Å²) in [6, 6.07) is 15.3. The Morgan fingerprint density at radius 1 is 1.19 bits per heavy atom. The quantitative estimate of drug-likeness (QED) is 0.407. The van der Waals surface area contributed by atoms with Gasteiger partial charge in [0.05, 0.1) is 23.7 Å². The van der Waals surface area contributed by atoms with E-state index in [-0.39, 0.29) is 29.3 Å². The lowest BCUT2D eigenvalue weighted by atomic mass is 10.1. The molecule has 1 aliphatic rings. The molecule has 3 rings (SSSR count). The Morgan fingerprint density at radius 3 is 2.48 bits per heavy atom. The third-order valence-electron chi connectivity index (χ3n) is 4.03. The minimum atomic E-state index is -3.90. The Kier molecular flexibility index (Phi) is 5.35. The molecule has 0 radical (unpaired) electrons. The molecule has 2 aromatic rings. The van der Waals surface area contributed by atoms with Crippen molar-refractivity contribution >= 4 is 37.6 Å². The second-order valence-electron chi connectivity index (χ2n) is 5.69. The average Bonchev–Trinajstić information content (AvgIpc) is 2.86. The van der Waals surface area contributed by atoms with Crippen molar-refractivity contribution in [3.63, 3.8) is 0 Å². The molecule has 1 heterocycles. The zero-order chi connectivity index (χ0) is 19.6. The monoisotopic (exact) mass is 446 g/mol. The van der Waals surface area contributed by atoms with Crippen LogP contribution in [0, 0.1) is 11.3 Å². The molecule has 6 nitrogen and oxygen atoms in total. The topological polar surface area (TPSA) is 87.5 Å². The standard InChI is InChI=1S/C19H15BrN2O4S/c1-2-26-19(23)16(11-21)18-15-5-3-4-6-17(15)27(24,25)22(18)12-13-7-9-14(20)10-8-13/h3-10H,2,12H2,1H3/b18-16-. The van der Waals surface area contributed by atoms with E-state index in [1.54, 1.807) is 49.4 Å². The van der Waals surface area contributed by atoms with Gasteiger partial charge in [-0.05, 0) is 30.7 Å². The highest BCUT2D eigenvalue weighted by Gasteiger charge is 2.41. The van der Waals surface area contributed by atoms with Crippen molar-refractivity contribution in [1.82, 2.24) is 4.31 Å². The van der Waals surface area contributed by atoms with Crippen LogP contribution >= 0.6 is 15.9 Å². The molecule has 0 unspecified atom stereocenters.